The molecule has 2 amide bonds. The van der Waals surface area contributed by atoms with Gasteiger partial charge >= 0.3 is 0 Å². The van der Waals surface area contributed by atoms with Crippen molar-refractivity contribution in [3.05, 3.63) is 18.2 Å². The largest absolute Gasteiger partial charge is 0.390 e. The van der Waals surface area contributed by atoms with Crippen LogP contribution in [0.2, 0.25) is 0 Å². The monoisotopic (exact) mass is 590 g/mol. The van der Waals surface area contributed by atoms with Gasteiger partial charge < -0.3 is 30.5 Å². The molecule has 0 spiro atoms. The van der Waals surface area contributed by atoms with Crippen LogP contribution in [0.5, 0.6) is 0 Å². The summed E-state index contributed by atoms with van der Waals surface area (Å²) in [6, 6.07) is -0.594. The van der Waals surface area contributed by atoms with E-state index >= 15 is 0 Å². The number of aromatic amines is 1. The summed E-state index contributed by atoms with van der Waals surface area (Å²) in [6.07, 6.45) is 13.9. The number of nitrogens with one attached hydrogen (secondary N) is 2. The molecular formula is C33H58N4O5. The van der Waals surface area contributed by atoms with Crippen LogP contribution in [-0.2, 0) is 16.0 Å². The molecule has 0 aromatic carbocycles. The summed E-state index contributed by atoms with van der Waals surface area (Å²) < 4.78 is 0. The number of aromatic nitrogens is 2. The number of rotatable bonds is 16. The predicted molar refractivity (Wildman–Crippen MR) is 164 cm³/mol. The maximum Gasteiger partial charge on any atom is 0.224 e. The Hall–Kier alpha value is -1.97. The summed E-state index contributed by atoms with van der Waals surface area (Å²) in [5.41, 5.74) is -0.291. The average molecular weight is 591 g/mol. The van der Waals surface area contributed by atoms with E-state index < -0.39 is 29.8 Å². The number of imidazole rings is 1. The molecule has 4 atom stereocenters. The van der Waals surface area contributed by atoms with Crippen LogP contribution in [0.1, 0.15) is 117 Å². The highest BCUT2D eigenvalue weighted by Crippen LogP contribution is 2.30. The fourth-order valence-electron chi connectivity index (χ4n) is 6.92. The average Bonchev–Trinajstić information content (AvgIpc) is 3.44. The second-order valence-corrected chi connectivity index (χ2v) is 14.3. The smallest absolute Gasteiger partial charge is 0.224 e. The van der Waals surface area contributed by atoms with E-state index in [2.05, 4.69) is 15.3 Å². The zero-order valence-electron chi connectivity index (χ0n) is 26.6. The number of aliphatic hydroxyl groups excluding tert-OH is 2. The summed E-state index contributed by atoms with van der Waals surface area (Å²) in [4.78, 5) is 36.7. The normalized spacial score (nSPS) is 20.2. The third-order valence-electron chi connectivity index (χ3n) is 9.11. The van der Waals surface area contributed by atoms with Gasteiger partial charge in [-0.15, -0.1) is 0 Å². The number of hydrogen-bond donors (Lipinski definition) is 5. The molecule has 0 saturated heterocycles. The van der Waals surface area contributed by atoms with Gasteiger partial charge in [-0.05, 0) is 57.3 Å². The van der Waals surface area contributed by atoms with Crippen molar-refractivity contribution < 1.29 is 24.9 Å². The third-order valence-corrected chi connectivity index (χ3v) is 9.11. The Morgan fingerprint density at radius 2 is 1.67 bits per heavy atom. The number of aliphatic hydroxyl groups is 3. The molecule has 2 fully saturated rings. The number of amides is 2. The van der Waals surface area contributed by atoms with E-state index in [4.69, 9.17) is 0 Å². The highest BCUT2D eigenvalue weighted by Gasteiger charge is 2.35. The van der Waals surface area contributed by atoms with Crippen molar-refractivity contribution in [2.45, 2.75) is 141 Å². The molecule has 9 heteroatoms. The summed E-state index contributed by atoms with van der Waals surface area (Å²) in [7, 11) is 0. The van der Waals surface area contributed by atoms with Crippen molar-refractivity contribution >= 4 is 11.8 Å². The quantitative estimate of drug-likeness (QED) is 0.194. The van der Waals surface area contributed by atoms with Gasteiger partial charge in [0, 0.05) is 37.8 Å². The Bertz CT molecular complexity index is 919. The van der Waals surface area contributed by atoms with Gasteiger partial charge in [-0.25, -0.2) is 4.98 Å². The van der Waals surface area contributed by atoms with Crippen LogP contribution in [0.15, 0.2) is 12.5 Å². The Morgan fingerprint density at radius 3 is 2.21 bits per heavy atom. The molecule has 0 radical (unpaired) electrons. The van der Waals surface area contributed by atoms with Gasteiger partial charge in [-0.3, -0.25) is 9.59 Å². The molecule has 1 aromatic rings. The van der Waals surface area contributed by atoms with Crippen LogP contribution in [0.4, 0.5) is 0 Å². The minimum atomic E-state index is -1.08. The van der Waals surface area contributed by atoms with E-state index in [9.17, 15) is 24.9 Å². The van der Waals surface area contributed by atoms with Crippen LogP contribution in [0.3, 0.4) is 0 Å². The van der Waals surface area contributed by atoms with E-state index in [1.807, 2.05) is 13.8 Å². The molecular weight excluding hydrogens is 532 g/mol. The number of carbonyl (C=O) groups is 2. The van der Waals surface area contributed by atoms with Gasteiger partial charge in [0.05, 0.1) is 30.0 Å². The van der Waals surface area contributed by atoms with Crippen molar-refractivity contribution in [2.75, 3.05) is 13.1 Å². The molecule has 1 aromatic heterocycles. The van der Waals surface area contributed by atoms with Gasteiger partial charge in [0.15, 0.2) is 0 Å². The molecule has 5 N–H and O–H groups in total. The lowest BCUT2D eigenvalue weighted by molar-refractivity contribution is -0.140. The molecule has 0 aliphatic heterocycles. The maximum atomic E-state index is 13.9. The fourth-order valence-corrected chi connectivity index (χ4v) is 6.92. The molecule has 1 heterocycles. The Kier molecular flexibility index (Phi) is 13.8. The first kappa shape index (κ1) is 34.5. The zero-order valence-corrected chi connectivity index (χ0v) is 26.6. The van der Waals surface area contributed by atoms with Crippen molar-refractivity contribution in [1.82, 2.24) is 20.2 Å². The van der Waals surface area contributed by atoms with Crippen molar-refractivity contribution in [1.29, 1.82) is 0 Å². The van der Waals surface area contributed by atoms with Crippen LogP contribution in [0, 0.1) is 23.7 Å². The standard InChI is InChI=1S/C33H58N4O5/c1-23(2)15-29(38)31(40)28(16-24-11-7-5-8-12-24)36-32(41)26(17-27-19-34-22-35-27)18-30(39)37(21-33(3,4)42)20-25-13-9-6-10-14-25/h19,22-26,28-29,31,38,40,42H,5-18,20-21H2,1-4H3,(H,34,35)(H,36,41)/t26-,28+,29+,31-/m1/s1. The van der Waals surface area contributed by atoms with Crippen molar-refractivity contribution in [3.63, 3.8) is 0 Å². The lowest BCUT2D eigenvalue weighted by Crippen LogP contribution is -2.52. The second kappa shape index (κ2) is 16.8. The maximum absolute atomic E-state index is 13.9. The Labute approximate surface area is 253 Å². The molecule has 9 nitrogen and oxygen atoms in total. The van der Waals surface area contributed by atoms with Gasteiger partial charge in [-0.1, -0.05) is 65.2 Å². The van der Waals surface area contributed by atoms with Crippen molar-refractivity contribution in [3.8, 4) is 0 Å². The van der Waals surface area contributed by atoms with E-state index in [-0.39, 0.29) is 30.7 Å². The topological polar surface area (TPSA) is 139 Å². The predicted octanol–water partition coefficient (Wildman–Crippen LogP) is 4.36. The number of nitrogens with zero attached hydrogens (tertiary/aromatic N) is 2. The Balaban J connectivity index is 1.78. The lowest BCUT2D eigenvalue weighted by atomic mass is 9.82. The van der Waals surface area contributed by atoms with Crippen LogP contribution < -0.4 is 5.32 Å². The van der Waals surface area contributed by atoms with Crippen molar-refractivity contribution in [2.24, 2.45) is 23.7 Å². The summed E-state index contributed by atoms with van der Waals surface area (Å²) in [5.74, 6) is -0.130. The van der Waals surface area contributed by atoms with Gasteiger partial charge in [-0.2, -0.15) is 0 Å². The SMILES string of the molecule is CC(C)C[C@H](O)[C@H](O)[C@H](CC1CCCCC1)NC(=O)[C@@H](CC(=O)N(CC1CCCCC1)CC(C)(C)O)Cc1cnc[nH]1. The minimum absolute atomic E-state index is 0.00551. The van der Waals surface area contributed by atoms with Gasteiger partial charge in [0.25, 0.3) is 0 Å². The number of hydrogen-bond acceptors (Lipinski definition) is 6. The first-order valence-electron chi connectivity index (χ1n) is 16.5. The molecule has 2 aliphatic carbocycles. The van der Waals surface area contributed by atoms with E-state index in [0.717, 1.165) is 57.1 Å². The fraction of sp³-hybridized carbons (Fsp3) is 0.848. The second-order valence-electron chi connectivity index (χ2n) is 14.3. The third kappa shape index (κ3) is 12.0. The summed E-state index contributed by atoms with van der Waals surface area (Å²) in [5, 5.41) is 35.8. The molecule has 0 bridgehead atoms. The van der Waals surface area contributed by atoms with E-state index in [1.165, 1.54) is 12.8 Å². The number of carbonyl (C=O) groups excluding carboxylic acids is 2. The van der Waals surface area contributed by atoms with Crippen LogP contribution in [0.25, 0.3) is 0 Å². The van der Waals surface area contributed by atoms with E-state index in [1.54, 1.807) is 31.3 Å². The van der Waals surface area contributed by atoms with Gasteiger partial charge in [0.1, 0.15) is 6.10 Å². The first-order chi connectivity index (χ1) is 19.9. The molecule has 3 rings (SSSR count). The zero-order chi connectivity index (χ0) is 30.7. The van der Waals surface area contributed by atoms with Crippen LogP contribution in [-0.4, -0.2) is 78.9 Å². The number of H-pyrrole nitrogens is 1. The lowest BCUT2D eigenvalue weighted by Gasteiger charge is -2.35. The molecule has 42 heavy (non-hydrogen) atoms. The van der Waals surface area contributed by atoms with E-state index in [0.29, 0.717) is 37.6 Å². The summed E-state index contributed by atoms with van der Waals surface area (Å²) in [6.45, 7) is 8.23. The molecule has 2 saturated carbocycles. The molecule has 240 valence electrons. The first-order valence-corrected chi connectivity index (χ1v) is 16.5. The van der Waals surface area contributed by atoms with Crippen LogP contribution >= 0.6 is 0 Å². The molecule has 0 unspecified atom stereocenters. The Morgan fingerprint density at radius 1 is 1.05 bits per heavy atom. The summed E-state index contributed by atoms with van der Waals surface area (Å²) >= 11 is 0. The highest BCUT2D eigenvalue weighted by molar-refractivity contribution is 5.86. The minimum Gasteiger partial charge on any atom is -0.390 e. The highest BCUT2D eigenvalue weighted by atomic mass is 16.3. The molecule has 2 aliphatic rings. The van der Waals surface area contributed by atoms with Gasteiger partial charge in [0.2, 0.25) is 11.8 Å².